The number of halogens is 3. The van der Waals surface area contributed by atoms with E-state index in [0.29, 0.717) is 12.0 Å². The molecule has 0 saturated carbocycles. The van der Waals surface area contributed by atoms with Gasteiger partial charge in [-0.3, -0.25) is 0 Å². The van der Waals surface area contributed by atoms with E-state index >= 15 is 0 Å². The van der Waals surface area contributed by atoms with Crippen LogP contribution in [-0.2, 0) is 6.42 Å². The van der Waals surface area contributed by atoms with Crippen molar-refractivity contribution < 1.29 is 4.39 Å². The van der Waals surface area contributed by atoms with Crippen molar-refractivity contribution in [3.05, 3.63) is 39.6 Å². The van der Waals surface area contributed by atoms with Crippen LogP contribution in [0.25, 0.3) is 11.1 Å². The van der Waals surface area contributed by atoms with E-state index in [1.807, 2.05) is 0 Å². The molecule has 0 spiro atoms. The molecule has 3 rings (SSSR count). The van der Waals surface area contributed by atoms with Crippen LogP contribution >= 0.6 is 23.2 Å². The molecule has 0 radical (unpaired) electrons. The van der Waals surface area contributed by atoms with Crippen molar-refractivity contribution in [1.82, 2.24) is 9.97 Å². The first-order valence-corrected chi connectivity index (χ1v) is 6.08. The third-order valence-electron chi connectivity index (χ3n) is 3.01. The second kappa shape index (κ2) is 4.07. The molecule has 18 heavy (non-hydrogen) atoms. The van der Waals surface area contributed by atoms with Crippen LogP contribution in [0, 0.1) is 5.82 Å². The third kappa shape index (κ3) is 1.64. The molecule has 0 atom stereocenters. The van der Waals surface area contributed by atoms with E-state index in [2.05, 4.69) is 15.3 Å². The zero-order valence-electron chi connectivity index (χ0n) is 9.39. The number of hydrogen-bond donors (Lipinski definition) is 1. The Labute approximate surface area is 113 Å². The second-order valence-electron chi connectivity index (χ2n) is 4.01. The minimum absolute atomic E-state index is 0.109. The third-order valence-corrected chi connectivity index (χ3v) is 3.45. The minimum atomic E-state index is -0.322. The van der Waals surface area contributed by atoms with Gasteiger partial charge in [-0.15, -0.1) is 0 Å². The van der Waals surface area contributed by atoms with Crippen molar-refractivity contribution in [3.8, 4) is 11.1 Å². The summed E-state index contributed by atoms with van der Waals surface area (Å²) in [5.74, 6) is -0.322. The van der Waals surface area contributed by atoms with E-state index in [9.17, 15) is 4.39 Å². The first-order chi connectivity index (χ1) is 8.60. The maximum absolute atomic E-state index is 13.6. The van der Waals surface area contributed by atoms with E-state index in [0.717, 1.165) is 22.5 Å². The number of hydrogen-bond acceptors (Lipinski definition) is 3. The zero-order valence-corrected chi connectivity index (χ0v) is 10.9. The van der Waals surface area contributed by atoms with Gasteiger partial charge in [0, 0.05) is 24.7 Å². The topological polar surface area (TPSA) is 37.8 Å². The Kier molecular flexibility index (Phi) is 2.64. The fourth-order valence-corrected chi connectivity index (χ4v) is 2.80. The van der Waals surface area contributed by atoms with Crippen LogP contribution in [0.2, 0.25) is 10.4 Å². The van der Waals surface area contributed by atoms with Crippen LogP contribution in [0.1, 0.15) is 11.3 Å². The van der Waals surface area contributed by atoms with Gasteiger partial charge >= 0.3 is 0 Å². The summed E-state index contributed by atoms with van der Waals surface area (Å²) in [6.07, 6.45) is 0.572. The van der Waals surface area contributed by atoms with Crippen LogP contribution < -0.4 is 5.32 Å². The minimum Gasteiger partial charge on any atom is -0.388 e. The lowest BCUT2D eigenvalue weighted by atomic mass is 10.1. The number of nitrogens with one attached hydrogen (secondary N) is 1. The van der Waals surface area contributed by atoms with Crippen LogP contribution in [0.3, 0.4) is 0 Å². The Morgan fingerprint density at radius 1 is 1.28 bits per heavy atom. The van der Waals surface area contributed by atoms with Gasteiger partial charge in [0.25, 0.3) is 0 Å². The van der Waals surface area contributed by atoms with Crippen molar-refractivity contribution in [2.75, 3.05) is 12.4 Å². The lowest BCUT2D eigenvalue weighted by Crippen LogP contribution is -1.95. The highest BCUT2D eigenvalue weighted by molar-refractivity contribution is 6.34. The largest absolute Gasteiger partial charge is 0.388 e. The van der Waals surface area contributed by atoms with Crippen LogP contribution in [-0.4, -0.2) is 17.0 Å². The van der Waals surface area contributed by atoms with Gasteiger partial charge in [0.05, 0.1) is 5.69 Å². The summed E-state index contributed by atoms with van der Waals surface area (Å²) in [7, 11) is 1.75. The quantitative estimate of drug-likeness (QED) is 0.548. The molecule has 0 saturated heterocycles. The van der Waals surface area contributed by atoms with Gasteiger partial charge in [-0.2, -0.15) is 0 Å². The molecule has 0 unspecified atom stereocenters. The van der Waals surface area contributed by atoms with Crippen LogP contribution in [0.5, 0.6) is 0 Å². The number of aromatic nitrogens is 2. The second-order valence-corrected chi connectivity index (χ2v) is 4.71. The van der Waals surface area contributed by atoms with E-state index in [1.54, 1.807) is 7.05 Å². The first-order valence-electron chi connectivity index (χ1n) is 5.32. The molecular weight excluding hydrogens is 276 g/mol. The molecule has 1 aromatic carbocycles. The highest BCUT2D eigenvalue weighted by atomic mass is 35.5. The maximum Gasteiger partial charge on any atom is 0.224 e. The van der Waals surface area contributed by atoms with E-state index < -0.39 is 0 Å². The Morgan fingerprint density at radius 2 is 2.06 bits per heavy atom. The molecule has 2 aromatic rings. The molecule has 6 heteroatoms. The standard InChI is InChI=1S/C12H8Cl2FN3/c1-16-8-3-5(15)2-7-6(8)4-9-10(7)11(13)18-12(14)17-9/h2-3,16H,4H2,1H3. The van der Waals surface area contributed by atoms with Gasteiger partial charge in [0.2, 0.25) is 5.28 Å². The normalized spacial score (nSPS) is 12.2. The summed E-state index contributed by atoms with van der Waals surface area (Å²) in [4.78, 5) is 8.06. The van der Waals surface area contributed by atoms with Crippen molar-refractivity contribution in [2.24, 2.45) is 0 Å². The molecule has 1 aliphatic carbocycles. The number of nitrogens with zero attached hydrogens (tertiary/aromatic N) is 2. The first kappa shape index (κ1) is 11.7. The van der Waals surface area contributed by atoms with Crippen LogP contribution in [0.4, 0.5) is 10.1 Å². The number of rotatable bonds is 1. The number of benzene rings is 1. The monoisotopic (exact) mass is 283 g/mol. The highest BCUT2D eigenvalue weighted by Gasteiger charge is 2.27. The van der Waals surface area contributed by atoms with E-state index in [4.69, 9.17) is 23.2 Å². The summed E-state index contributed by atoms with van der Waals surface area (Å²) in [5.41, 5.74) is 3.84. The fourth-order valence-electron chi connectivity index (χ4n) is 2.28. The summed E-state index contributed by atoms with van der Waals surface area (Å²) in [6.45, 7) is 0. The predicted molar refractivity (Wildman–Crippen MR) is 69.8 cm³/mol. The highest BCUT2D eigenvalue weighted by Crippen LogP contribution is 2.43. The SMILES string of the molecule is CNc1cc(F)cc2c1Cc1nc(Cl)nc(Cl)c1-2. The lowest BCUT2D eigenvalue weighted by Gasteiger charge is -2.08. The van der Waals surface area contributed by atoms with Crippen molar-refractivity contribution in [2.45, 2.75) is 6.42 Å². The number of fused-ring (bicyclic) bond motifs is 3. The molecule has 1 aromatic heterocycles. The Morgan fingerprint density at radius 3 is 2.78 bits per heavy atom. The maximum atomic E-state index is 13.6. The van der Waals surface area contributed by atoms with Crippen LogP contribution in [0.15, 0.2) is 12.1 Å². The van der Waals surface area contributed by atoms with Gasteiger partial charge in [-0.1, -0.05) is 11.6 Å². The summed E-state index contributed by atoms with van der Waals surface area (Å²) in [6, 6.07) is 2.90. The molecule has 1 aliphatic rings. The van der Waals surface area contributed by atoms with Gasteiger partial charge in [-0.25, -0.2) is 14.4 Å². The lowest BCUT2D eigenvalue weighted by molar-refractivity contribution is 0.628. The summed E-state index contributed by atoms with van der Waals surface area (Å²) < 4.78 is 13.6. The summed E-state index contributed by atoms with van der Waals surface area (Å²) in [5, 5.41) is 3.34. The molecule has 0 amide bonds. The number of anilines is 1. The molecule has 3 nitrogen and oxygen atoms in total. The molecular formula is C12H8Cl2FN3. The molecule has 0 bridgehead atoms. The molecule has 1 N–H and O–H groups in total. The Hall–Kier alpha value is -1.39. The van der Waals surface area contributed by atoms with Gasteiger partial charge in [0.1, 0.15) is 11.0 Å². The zero-order chi connectivity index (χ0) is 12.9. The van der Waals surface area contributed by atoms with Crippen molar-refractivity contribution in [3.63, 3.8) is 0 Å². The molecule has 0 fully saturated rings. The molecule has 1 heterocycles. The van der Waals surface area contributed by atoms with Gasteiger partial charge in [-0.05, 0) is 34.9 Å². The predicted octanol–water partition coefficient (Wildman–Crippen LogP) is 3.54. The summed E-state index contributed by atoms with van der Waals surface area (Å²) >= 11 is 11.9. The smallest absolute Gasteiger partial charge is 0.224 e. The van der Waals surface area contributed by atoms with Crippen molar-refractivity contribution >= 4 is 28.9 Å². The Balaban J connectivity index is 2.31. The van der Waals surface area contributed by atoms with Gasteiger partial charge < -0.3 is 5.32 Å². The average molecular weight is 284 g/mol. The molecule has 0 aliphatic heterocycles. The average Bonchev–Trinajstić information content (AvgIpc) is 2.65. The van der Waals surface area contributed by atoms with Gasteiger partial charge in [0.15, 0.2) is 0 Å². The van der Waals surface area contributed by atoms with Crippen molar-refractivity contribution in [1.29, 1.82) is 0 Å². The fraction of sp³-hybridized carbons (Fsp3) is 0.167. The Bertz CT molecular complexity index is 658. The molecule has 92 valence electrons. The van der Waals surface area contributed by atoms with E-state index in [-0.39, 0.29) is 16.3 Å². The van der Waals surface area contributed by atoms with E-state index in [1.165, 1.54) is 12.1 Å².